The molecule has 1 amide bonds. The number of hydrogen-bond donors (Lipinski definition) is 2. The summed E-state index contributed by atoms with van der Waals surface area (Å²) >= 11 is 0. The summed E-state index contributed by atoms with van der Waals surface area (Å²) in [5.74, 6) is 1.20. The zero-order valence-corrected chi connectivity index (χ0v) is 11.9. The Kier molecular flexibility index (Phi) is 3.62. The Labute approximate surface area is 122 Å². The van der Waals surface area contributed by atoms with Crippen molar-refractivity contribution in [2.24, 2.45) is 5.73 Å². The number of nitrogens with one attached hydrogen (secondary N) is 1. The monoisotopic (exact) mass is 286 g/mol. The molecular weight excluding hydrogens is 268 g/mol. The number of primary amides is 1. The van der Waals surface area contributed by atoms with Crippen molar-refractivity contribution >= 4 is 22.5 Å². The summed E-state index contributed by atoms with van der Waals surface area (Å²) in [4.78, 5) is 18.1. The molecule has 3 rings (SSSR count). The van der Waals surface area contributed by atoms with Crippen LogP contribution in [0.1, 0.15) is 0 Å². The number of pyridine rings is 1. The molecule has 1 aromatic carbocycles. The summed E-state index contributed by atoms with van der Waals surface area (Å²) in [5.41, 5.74) is 5.52. The third kappa shape index (κ3) is 2.50. The minimum Gasteiger partial charge on any atom is -0.497 e. The fourth-order valence-electron chi connectivity index (χ4n) is 2.70. The van der Waals surface area contributed by atoms with Crippen molar-refractivity contribution in [3.05, 3.63) is 30.5 Å². The van der Waals surface area contributed by atoms with Crippen LogP contribution >= 0.6 is 0 Å². The molecule has 21 heavy (non-hydrogen) atoms. The zero-order valence-electron chi connectivity index (χ0n) is 11.9. The van der Waals surface area contributed by atoms with Crippen molar-refractivity contribution < 1.29 is 9.53 Å². The lowest BCUT2D eigenvalue weighted by Gasteiger charge is -2.35. The van der Waals surface area contributed by atoms with E-state index in [0.29, 0.717) is 13.1 Å². The number of nitrogens with zero attached hydrogens (tertiary/aromatic N) is 2. The summed E-state index contributed by atoms with van der Waals surface area (Å²) in [6, 6.07) is 7.40. The normalized spacial score (nSPS) is 18.7. The number of rotatable bonds is 3. The van der Waals surface area contributed by atoms with E-state index in [-0.39, 0.29) is 11.9 Å². The fraction of sp³-hybridized carbons (Fsp3) is 0.333. The van der Waals surface area contributed by atoms with E-state index in [9.17, 15) is 4.79 Å². The van der Waals surface area contributed by atoms with Crippen LogP contribution in [0.4, 0.5) is 5.82 Å². The predicted octanol–water partition coefficient (Wildman–Crippen LogP) is 0.507. The Morgan fingerprint density at radius 3 is 3.10 bits per heavy atom. The lowest BCUT2D eigenvalue weighted by atomic mass is 10.1. The topological polar surface area (TPSA) is 80.5 Å². The van der Waals surface area contributed by atoms with Crippen LogP contribution in [0.25, 0.3) is 10.8 Å². The Bertz CT molecular complexity index is 674. The van der Waals surface area contributed by atoms with E-state index in [0.717, 1.165) is 28.9 Å². The minimum atomic E-state index is -0.386. The van der Waals surface area contributed by atoms with Crippen molar-refractivity contribution in [3.63, 3.8) is 0 Å². The SMILES string of the molecule is COc1ccc2ccnc(N3CCNCC3C(N)=O)c2c1. The van der Waals surface area contributed by atoms with Crippen LogP contribution in [-0.4, -0.2) is 43.7 Å². The van der Waals surface area contributed by atoms with Gasteiger partial charge >= 0.3 is 0 Å². The maximum atomic E-state index is 11.7. The number of nitrogens with two attached hydrogens (primary N) is 1. The standard InChI is InChI=1S/C15H18N4O2/c1-21-11-3-2-10-4-5-18-15(12(10)8-11)19-7-6-17-9-13(19)14(16)20/h2-5,8,13,17H,6-7,9H2,1H3,(H2,16,20). The van der Waals surface area contributed by atoms with Gasteiger partial charge in [-0.3, -0.25) is 4.79 Å². The molecule has 6 nitrogen and oxygen atoms in total. The highest BCUT2D eigenvalue weighted by Crippen LogP contribution is 2.29. The fourth-order valence-corrected chi connectivity index (χ4v) is 2.70. The van der Waals surface area contributed by atoms with Gasteiger partial charge in [0.1, 0.15) is 17.6 Å². The average molecular weight is 286 g/mol. The second-order valence-corrected chi connectivity index (χ2v) is 5.04. The third-order valence-electron chi connectivity index (χ3n) is 3.80. The van der Waals surface area contributed by atoms with Gasteiger partial charge in [0.2, 0.25) is 5.91 Å². The molecule has 0 saturated carbocycles. The van der Waals surface area contributed by atoms with E-state index in [4.69, 9.17) is 10.5 Å². The quantitative estimate of drug-likeness (QED) is 0.859. The number of fused-ring (bicyclic) bond motifs is 1. The molecular formula is C15H18N4O2. The third-order valence-corrected chi connectivity index (χ3v) is 3.80. The van der Waals surface area contributed by atoms with Gasteiger partial charge in [0, 0.05) is 31.2 Å². The van der Waals surface area contributed by atoms with Crippen LogP contribution in [0.2, 0.25) is 0 Å². The first-order chi connectivity index (χ1) is 10.2. The van der Waals surface area contributed by atoms with E-state index in [2.05, 4.69) is 10.3 Å². The van der Waals surface area contributed by atoms with Crippen molar-refractivity contribution in [1.82, 2.24) is 10.3 Å². The lowest BCUT2D eigenvalue weighted by molar-refractivity contribution is -0.119. The highest BCUT2D eigenvalue weighted by atomic mass is 16.5. The Morgan fingerprint density at radius 2 is 2.33 bits per heavy atom. The molecule has 2 aromatic rings. The molecule has 1 aliphatic rings. The largest absolute Gasteiger partial charge is 0.497 e. The first-order valence-electron chi connectivity index (χ1n) is 6.90. The Balaban J connectivity index is 2.11. The summed E-state index contributed by atoms with van der Waals surface area (Å²) in [5, 5.41) is 5.21. The molecule has 1 atom stereocenters. The molecule has 1 fully saturated rings. The second kappa shape index (κ2) is 5.57. The molecule has 6 heteroatoms. The van der Waals surface area contributed by atoms with Gasteiger partial charge in [-0.05, 0) is 23.6 Å². The van der Waals surface area contributed by atoms with Crippen LogP contribution in [-0.2, 0) is 4.79 Å². The number of piperazine rings is 1. The number of carbonyl (C=O) groups is 1. The van der Waals surface area contributed by atoms with Crippen molar-refractivity contribution in [3.8, 4) is 5.75 Å². The molecule has 1 unspecified atom stereocenters. The van der Waals surface area contributed by atoms with Crippen LogP contribution < -0.4 is 20.7 Å². The predicted molar refractivity (Wildman–Crippen MR) is 81.5 cm³/mol. The lowest BCUT2D eigenvalue weighted by Crippen LogP contribution is -2.57. The molecule has 1 saturated heterocycles. The number of carbonyl (C=O) groups excluding carboxylic acids is 1. The number of methoxy groups -OCH3 is 1. The maximum Gasteiger partial charge on any atom is 0.241 e. The number of benzene rings is 1. The number of anilines is 1. The smallest absolute Gasteiger partial charge is 0.241 e. The molecule has 1 aromatic heterocycles. The summed E-state index contributed by atoms with van der Waals surface area (Å²) < 4.78 is 5.29. The molecule has 110 valence electrons. The van der Waals surface area contributed by atoms with E-state index in [1.807, 2.05) is 29.2 Å². The molecule has 3 N–H and O–H groups in total. The zero-order chi connectivity index (χ0) is 14.8. The van der Waals surface area contributed by atoms with E-state index in [1.165, 1.54) is 0 Å². The summed E-state index contributed by atoms with van der Waals surface area (Å²) in [6.07, 6.45) is 1.75. The van der Waals surface area contributed by atoms with Gasteiger partial charge in [-0.2, -0.15) is 0 Å². The van der Waals surface area contributed by atoms with Crippen LogP contribution in [0.5, 0.6) is 5.75 Å². The molecule has 1 aliphatic heterocycles. The molecule has 0 radical (unpaired) electrons. The number of aromatic nitrogens is 1. The van der Waals surface area contributed by atoms with Gasteiger partial charge in [-0.25, -0.2) is 4.98 Å². The number of ether oxygens (including phenoxy) is 1. The van der Waals surface area contributed by atoms with E-state index in [1.54, 1.807) is 13.3 Å². The minimum absolute atomic E-state index is 0.344. The first-order valence-corrected chi connectivity index (χ1v) is 6.90. The van der Waals surface area contributed by atoms with Crippen LogP contribution in [0.3, 0.4) is 0 Å². The number of hydrogen-bond acceptors (Lipinski definition) is 5. The van der Waals surface area contributed by atoms with Crippen LogP contribution in [0, 0.1) is 0 Å². The van der Waals surface area contributed by atoms with Gasteiger partial charge in [-0.1, -0.05) is 6.07 Å². The Morgan fingerprint density at radius 1 is 1.48 bits per heavy atom. The maximum absolute atomic E-state index is 11.7. The first kappa shape index (κ1) is 13.6. The molecule has 2 heterocycles. The molecule has 0 aliphatic carbocycles. The van der Waals surface area contributed by atoms with E-state index < -0.39 is 0 Å². The van der Waals surface area contributed by atoms with Gasteiger partial charge in [0.05, 0.1) is 7.11 Å². The average Bonchev–Trinajstić information content (AvgIpc) is 2.53. The summed E-state index contributed by atoms with van der Waals surface area (Å²) in [6.45, 7) is 2.03. The van der Waals surface area contributed by atoms with Crippen LogP contribution in [0.15, 0.2) is 30.5 Å². The molecule has 0 bridgehead atoms. The van der Waals surface area contributed by atoms with Gasteiger partial charge in [0.25, 0.3) is 0 Å². The number of amides is 1. The van der Waals surface area contributed by atoms with Crippen molar-refractivity contribution in [1.29, 1.82) is 0 Å². The van der Waals surface area contributed by atoms with Gasteiger partial charge in [0.15, 0.2) is 0 Å². The Hall–Kier alpha value is -2.34. The van der Waals surface area contributed by atoms with Gasteiger partial charge in [-0.15, -0.1) is 0 Å². The molecule has 0 spiro atoms. The highest BCUT2D eigenvalue weighted by Gasteiger charge is 2.28. The summed E-state index contributed by atoms with van der Waals surface area (Å²) in [7, 11) is 1.63. The highest BCUT2D eigenvalue weighted by molar-refractivity contribution is 5.95. The van der Waals surface area contributed by atoms with E-state index >= 15 is 0 Å². The second-order valence-electron chi connectivity index (χ2n) is 5.04. The van der Waals surface area contributed by atoms with Crippen molar-refractivity contribution in [2.45, 2.75) is 6.04 Å². The van der Waals surface area contributed by atoms with Crippen molar-refractivity contribution in [2.75, 3.05) is 31.6 Å². The van der Waals surface area contributed by atoms with Gasteiger partial charge < -0.3 is 20.7 Å².